The minimum atomic E-state index is -1.26. The zero-order chi connectivity index (χ0) is 11.8. The maximum Gasteiger partial charge on any atom is 0.328 e. The minimum Gasteiger partial charge on any atom is -0.478 e. The first kappa shape index (κ1) is 12.6. The molecular formula is C7H8N2O6. The fourth-order valence-electron chi connectivity index (χ4n) is 0.518. The lowest BCUT2D eigenvalue weighted by Gasteiger charge is -1.78. The number of urea groups is 1. The van der Waals surface area contributed by atoms with Gasteiger partial charge in [0.2, 0.25) is 5.91 Å². The first-order valence-corrected chi connectivity index (χ1v) is 3.63. The summed E-state index contributed by atoms with van der Waals surface area (Å²) in [5.74, 6) is -2.77. The normalized spacial score (nSPS) is 13.9. The second-order valence-corrected chi connectivity index (χ2v) is 2.24. The lowest BCUT2D eigenvalue weighted by Crippen LogP contribution is -2.22. The van der Waals surface area contributed by atoms with Gasteiger partial charge >= 0.3 is 18.0 Å². The summed E-state index contributed by atoms with van der Waals surface area (Å²) in [4.78, 5) is 39.2. The largest absolute Gasteiger partial charge is 0.478 e. The first-order valence-electron chi connectivity index (χ1n) is 3.63. The second-order valence-electron chi connectivity index (χ2n) is 2.24. The van der Waals surface area contributed by atoms with Gasteiger partial charge in [-0.25, -0.2) is 14.4 Å². The zero-order valence-electron chi connectivity index (χ0n) is 7.39. The van der Waals surface area contributed by atoms with E-state index in [-0.39, 0.29) is 12.5 Å². The van der Waals surface area contributed by atoms with Gasteiger partial charge in [0.15, 0.2) is 0 Å². The summed E-state index contributed by atoms with van der Waals surface area (Å²) in [5.41, 5.74) is 0. The summed E-state index contributed by atoms with van der Waals surface area (Å²) < 4.78 is 0. The van der Waals surface area contributed by atoms with Gasteiger partial charge in [0.25, 0.3) is 0 Å². The number of carboxylic acid groups (broad SMARTS) is 2. The molecule has 8 heteroatoms. The molecule has 0 unspecified atom stereocenters. The van der Waals surface area contributed by atoms with Crippen molar-refractivity contribution in [1.29, 1.82) is 0 Å². The van der Waals surface area contributed by atoms with Crippen molar-refractivity contribution in [2.24, 2.45) is 0 Å². The van der Waals surface area contributed by atoms with Gasteiger partial charge in [0.1, 0.15) is 0 Å². The Labute approximate surface area is 83.6 Å². The van der Waals surface area contributed by atoms with Crippen molar-refractivity contribution < 1.29 is 29.4 Å². The van der Waals surface area contributed by atoms with Gasteiger partial charge < -0.3 is 15.5 Å². The Balaban J connectivity index is 0.000000262. The van der Waals surface area contributed by atoms with Crippen LogP contribution in [0.1, 0.15) is 0 Å². The van der Waals surface area contributed by atoms with Crippen molar-refractivity contribution >= 4 is 23.9 Å². The monoisotopic (exact) mass is 216 g/mol. The number of nitrogens with one attached hydrogen (secondary N) is 2. The average Bonchev–Trinajstić information content (AvgIpc) is 2.47. The minimum absolute atomic E-state index is 0.124. The fraction of sp³-hybridized carbons (Fsp3) is 0.143. The Hall–Kier alpha value is -2.38. The van der Waals surface area contributed by atoms with Crippen LogP contribution in [0.2, 0.25) is 0 Å². The van der Waals surface area contributed by atoms with E-state index in [1.54, 1.807) is 0 Å². The summed E-state index contributed by atoms with van der Waals surface area (Å²) >= 11 is 0. The highest BCUT2D eigenvalue weighted by molar-refractivity contribution is 6.01. The van der Waals surface area contributed by atoms with Crippen molar-refractivity contribution in [3.8, 4) is 0 Å². The SMILES string of the molecule is O=C(O)C=CC(=O)O.O=C1CNC(=O)N1. The summed E-state index contributed by atoms with van der Waals surface area (Å²) in [7, 11) is 0. The molecule has 1 saturated heterocycles. The maximum absolute atomic E-state index is 10.1. The van der Waals surface area contributed by atoms with Crippen LogP contribution in [0.4, 0.5) is 4.79 Å². The standard InChI is InChI=1S/C4H4O4.C3H4N2O2/c5-3(6)1-2-4(7)8;6-2-1-4-3(7)5-2/h1-2H,(H,5,6)(H,7,8);1H2,(H2,4,5,6,7). The predicted octanol–water partition coefficient (Wildman–Crippen LogP) is -1.46. The van der Waals surface area contributed by atoms with Crippen molar-refractivity contribution in [2.45, 2.75) is 0 Å². The molecule has 0 saturated carbocycles. The van der Waals surface area contributed by atoms with Gasteiger partial charge in [-0.2, -0.15) is 0 Å². The molecular weight excluding hydrogens is 208 g/mol. The first-order chi connectivity index (χ1) is 6.91. The number of imide groups is 1. The van der Waals surface area contributed by atoms with Gasteiger partial charge in [0, 0.05) is 12.2 Å². The van der Waals surface area contributed by atoms with Crippen LogP contribution in [0.5, 0.6) is 0 Å². The lowest BCUT2D eigenvalue weighted by atomic mass is 10.5. The molecule has 0 aromatic heterocycles. The Bertz CT molecular complexity index is 291. The van der Waals surface area contributed by atoms with Crippen LogP contribution in [0, 0.1) is 0 Å². The van der Waals surface area contributed by atoms with Crippen molar-refractivity contribution in [2.75, 3.05) is 6.54 Å². The molecule has 0 atom stereocenters. The number of aliphatic carboxylic acids is 2. The van der Waals surface area contributed by atoms with Crippen LogP contribution >= 0.6 is 0 Å². The van der Waals surface area contributed by atoms with E-state index in [1.165, 1.54) is 0 Å². The summed E-state index contributed by atoms with van der Waals surface area (Å²) in [6.07, 6.45) is 1.12. The van der Waals surface area contributed by atoms with Crippen molar-refractivity contribution in [1.82, 2.24) is 10.6 Å². The predicted molar refractivity (Wildman–Crippen MR) is 46.0 cm³/mol. The highest BCUT2D eigenvalue weighted by Gasteiger charge is 2.14. The molecule has 4 N–H and O–H groups in total. The van der Waals surface area contributed by atoms with Crippen molar-refractivity contribution in [3.05, 3.63) is 12.2 Å². The Morgan fingerprint density at radius 2 is 1.60 bits per heavy atom. The van der Waals surface area contributed by atoms with E-state index >= 15 is 0 Å². The van der Waals surface area contributed by atoms with E-state index in [4.69, 9.17) is 10.2 Å². The molecule has 0 radical (unpaired) electrons. The van der Waals surface area contributed by atoms with Gasteiger partial charge in [-0.3, -0.25) is 10.1 Å². The molecule has 1 rings (SSSR count). The molecule has 0 aromatic carbocycles. The highest BCUT2D eigenvalue weighted by atomic mass is 16.4. The molecule has 0 spiro atoms. The van der Waals surface area contributed by atoms with Gasteiger partial charge in [-0.15, -0.1) is 0 Å². The molecule has 1 aliphatic rings. The summed E-state index contributed by atoms with van der Waals surface area (Å²) in [6.45, 7) is 0.124. The summed E-state index contributed by atoms with van der Waals surface area (Å²) in [6, 6.07) is -0.398. The smallest absolute Gasteiger partial charge is 0.328 e. The van der Waals surface area contributed by atoms with Gasteiger partial charge in [-0.05, 0) is 0 Å². The van der Waals surface area contributed by atoms with E-state index in [2.05, 4.69) is 5.32 Å². The number of hydrogen-bond acceptors (Lipinski definition) is 4. The Kier molecular flexibility index (Phi) is 5.16. The average molecular weight is 216 g/mol. The molecule has 8 nitrogen and oxygen atoms in total. The molecule has 0 bridgehead atoms. The number of amides is 3. The Morgan fingerprint density at radius 1 is 1.13 bits per heavy atom. The highest BCUT2D eigenvalue weighted by Crippen LogP contribution is 1.74. The third-order valence-electron chi connectivity index (χ3n) is 1.03. The van der Waals surface area contributed by atoms with E-state index in [0.29, 0.717) is 12.2 Å². The van der Waals surface area contributed by atoms with Crippen LogP contribution in [0.3, 0.4) is 0 Å². The third-order valence-corrected chi connectivity index (χ3v) is 1.03. The van der Waals surface area contributed by atoms with Crippen LogP contribution in [-0.2, 0) is 14.4 Å². The fourth-order valence-corrected chi connectivity index (χ4v) is 0.518. The molecule has 1 heterocycles. The molecule has 82 valence electrons. The molecule has 1 aliphatic heterocycles. The number of carboxylic acids is 2. The second kappa shape index (κ2) is 6.13. The van der Waals surface area contributed by atoms with Gasteiger partial charge in [-0.1, -0.05) is 0 Å². The van der Waals surface area contributed by atoms with Crippen LogP contribution in [0.15, 0.2) is 12.2 Å². The van der Waals surface area contributed by atoms with Crippen LogP contribution in [0.25, 0.3) is 0 Å². The number of carbonyl (C=O) groups is 4. The summed E-state index contributed by atoms with van der Waals surface area (Å²) in [5, 5.41) is 19.9. The number of hydrogen-bond donors (Lipinski definition) is 4. The van der Waals surface area contributed by atoms with E-state index in [9.17, 15) is 19.2 Å². The van der Waals surface area contributed by atoms with E-state index in [1.807, 2.05) is 5.32 Å². The van der Waals surface area contributed by atoms with Gasteiger partial charge in [0.05, 0.1) is 6.54 Å². The molecule has 15 heavy (non-hydrogen) atoms. The topological polar surface area (TPSA) is 133 Å². The molecule has 0 aliphatic carbocycles. The lowest BCUT2D eigenvalue weighted by molar-refractivity contribution is -0.134. The van der Waals surface area contributed by atoms with Crippen LogP contribution in [-0.4, -0.2) is 40.6 Å². The maximum atomic E-state index is 10.1. The molecule has 1 fully saturated rings. The zero-order valence-corrected chi connectivity index (χ0v) is 7.39. The third kappa shape index (κ3) is 7.96. The quantitative estimate of drug-likeness (QED) is 0.329. The van der Waals surface area contributed by atoms with Crippen LogP contribution < -0.4 is 10.6 Å². The van der Waals surface area contributed by atoms with E-state index in [0.717, 1.165) is 0 Å². The van der Waals surface area contributed by atoms with Crippen molar-refractivity contribution in [3.63, 3.8) is 0 Å². The number of rotatable bonds is 2. The molecule has 3 amide bonds. The van der Waals surface area contributed by atoms with E-state index < -0.39 is 18.0 Å². The number of carbonyl (C=O) groups excluding carboxylic acids is 2. The molecule has 0 aromatic rings. The Morgan fingerprint density at radius 3 is 1.73 bits per heavy atom.